The average Bonchev–Trinajstić information content (AvgIpc) is 1.83. The Morgan fingerprint density at radius 1 is 1.64 bits per heavy atom. The third-order valence-corrected chi connectivity index (χ3v) is 2.02. The topological polar surface area (TPSA) is 49.7 Å². The first-order valence-electron chi connectivity index (χ1n) is 4.02. The summed E-state index contributed by atoms with van der Waals surface area (Å²) in [5.74, 6) is 0. The van der Waals surface area contributed by atoms with E-state index in [0.29, 0.717) is 6.42 Å². The standard InChI is InChI=1S/C8H16O3/c1-8(2)5-7(11-8)6(10)3-4-9/h6-7,9-10H,3-5H2,1-2H3. The van der Waals surface area contributed by atoms with Gasteiger partial charge in [0.1, 0.15) is 0 Å². The molecule has 2 atom stereocenters. The molecule has 1 aliphatic rings. The molecule has 1 heterocycles. The van der Waals surface area contributed by atoms with Crippen molar-refractivity contribution >= 4 is 0 Å². The van der Waals surface area contributed by atoms with Crippen LogP contribution in [0.4, 0.5) is 0 Å². The Labute approximate surface area is 67.0 Å². The molecule has 1 rings (SSSR count). The van der Waals surface area contributed by atoms with E-state index in [2.05, 4.69) is 0 Å². The molecule has 3 heteroatoms. The van der Waals surface area contributed by atoms with Crippen molar-refractivity contribution in [3.63, 3.8) is 0 Å². The maximum absolute atomic E-state index is 9.32. The molecule has 0 saturated carbocycles. The number of hydrogen-bond donors (Lipinski definition) is 2. The summed E-state index contributed by atoms with van der Waals surface area (Å²) in [5, 5.41) is 17.8. The fraction of sp³-hybridized carbons (Fsp3) is 1.00. The van der Waals surface area contributed by atoms with Crippen LogP contribution in [0.2, 0.25) is 0 Å². The zero-order valence-electron chi connectivity index (χ0n) is 7.08. The predicted molar refractivity (Wildman–Crippen MR) is 41.3 cm³/mol. The van der Waals surface area contributed by atoms with E-state index in [1.165, 1.54) is 0 Å². The van der Waals surface area contributed by atoms with Gasteiger partial charge in [-0.05, 0) is 20.3 Å². The third kappa shape index (κ3) is 2.15. The molecule has 0 aromatic heterocycles. The first kappa shape index (κ1) is 8.97. The van der Waals surface area contributed by atoms with Gasteiger partial charge in [0.15, 0.2) is 0 Å². The van der Waals surface area contributed by atoms with Crippen LogP contribution < -0.4 is 0 Å². The highest BCUT2D eigenvalue weighted by Gasteiger charge is 2.40. The fourth-order valence-corrected chi connectivity index (χ4v) is 1.42. The fourth-order valence-electron chi connectivity index (χ4n) is 1.42. The van der Waals surface area contributed by atoms with Crippen molar-refractivity contribution in [3.8, 4) is 0 Å². The third-order valence-electron chi connectivity index (χ3n) is 2.02. The second-order valence-corrected chi connectivity index (χ2v) is 3.70. The monoisotopic (exact) mass is 160 g/mol. The molecule has 0 aromatic carbocycles. The summed E-state index contributed by atoms with van der Waals surface area (Å²) in [5.41, 5.74) is -0.0684. The highest BCUT2D eigenvalue weighted by atomic mass is 16.5. The predicted octanol–water partition coefficient (Wildman–Crippen LogP) is 0.297. The Bertz CT molecular complexity index is 125. The van der Waals surface area contributed by atoms with Crippen LogP contribution in [-0.2, 0) is 4.74 Å². The lowest BCUT2D eigenvalue weighted by atomic mass is 9.89. The molecule has 2 unspecified atom stereocenters. The molecule has 0 radical (unpaired) electrons. The summed E-state index contributed by atoms with van der Waals surface area (Å²) in [4.78, 5) is 0. The van der Waals surface area contributed by atoms with E-state index in [9.17, 15) is 5.11 Å². The smallest absolute Gasteiger partial charge is 0.0869 e. The molecule has 0 amide bonds. The van der Waals surface area contributed by atoms with Gasteiger partial charge in [0, 0.05) is 13.0 Å². The van der Waals surface area contributed by atoms with Gasteiger partial charge < -0.3 is 14.9 Å². The Balaban J connectivity index is 2.21. The van der Waals surface area contributed by atoms with Crippen LogP contribution in [0.5, 0.6) is 0 Å². The van der Waals surface area contributed by atoms with Crippen molar-refractivity contribution in [2.45, 2.75) is 44.5 Å². The van der Waals surface area contributed by atoms with Crippen molar-refractivity contribution in [1.82, 2.24) is 0 Å². The van der Waals surface area contributed by atoms with Crippen LogP contribution >= 0.6 is 0 Å². The average molecular weight is 160 g/mol. The first-order valence-corrected chi connectivity index (χ1v) is 4.02. The molecular formula is C8H16O3. The lowest BCUT2D eigenvalue weighted by Gasteiger charge is -2.45. The molecule has 11 heavy (non-hydrogen) atoms. The van der Waals surface area contributed by atoms with E-state index >= 15 is 0 Å². The maximum atomic E-state index is 9.32. The molecular weight excluding hydrogens is 144 g/mol. The van der Waals surface area contributed by atoms with Crippen molar-refractivity contribution in [2.75, 3.05) is 6.61 Å². The summed E-state index contributed by atoms with van der Waals surface area (Å²) < 4.78 is 5.38. The summed E-state index contributed by atoms with van der Waals surface area (Å²) in [6.45, 7) is 4.02. The molecule has 2 N–H and O–H groups in total. The summed E-state index contributed by atoms with van der Waals surface area (Å²) in [7, 11) is 0. The zero-order chi connectivity index (χ0) is 8.48. The minimum absolute atomic E-state index is 0.0292. The van der Waals surface area contributed by atoms with Gasteiger partial charge in [0.25, 0.3) is 0 Å². The van der Waals surface area contributed by atoms with E-state index in [1.54, 1.807) is 0 Å². The van der Waals surface area contributed by atoms with Gasteiger partial charge in [0.2, 0.25) is 0 Å². The molecule has 1 aliphatic heterocycles. The van der Waals surface area contributed by atoms with Gasteiger partial charge in [-0.2, -0.15) is 0 Å². The van der Waals surface area contributed by atoms with Crippen molar-refractivity contribution < 1.29 is 14.9 Å². The highest BCUT2D eigenvalue weighted by Crippen LogP contribution is 2.33. The summed E-state index contributed by atoms with van der Waals surface area (Å²) >= 11 is 0. The van der Waals surface area contributed by atoms with E-state index < -0.39 is 6.10 Å². The van der Waals surface area contributed by atoms with E-state index in [0.717, 1.165) is 6.42 Å². The van der Waals surface area contributed by atoms with Crippen molar-refractivity contribution in [2.24, 2.45) is 0 Å². The van der Waals surface area contributed by atoms with Gasteiger partial charge in [-0.15, -0.1) is 0 Å². The Morgan fingerprint density at radius 2 is 2.18 bits per heavy atom. The maximum Gasteiger partial charge on any atom is 0.0869 e. The van der Waals surface area contributed by atoms with E-state index in [-0.39, 0.29) is 18.3 Å². The second kappa shape index (κ2) is 3.09. The number of rotatable bonds is 3. The van der Waals surface area contributed by atoms with Gasteiger partial charge in [0.05, 0.1) is 17.8 Å². The van der Waals surface area contributed by atoms with E-state index in [4.69, 9.17) is 9.84 Å². The first-order chi connectivity index (χ1) is 5.05. The number of ether oxygens (including phenoxy) is 1. The molecule has 66 valence electrons. The van der Waals surface area contributed by atoms with Crippen molar-refractivity contribution in [1.29, 1.82) is 0 Å². The molecule has 0 bridgehead atoms. The number of hydrogen-bond acceptors (Lipinski definition) is 3. The highest BCUT2D eigenvalue weighted by molar-refractivity contribution is 4.89. The van der Waals surface area contributed by atoms with Crippen LogP contribution in [0.3, 0.4) is 0 Å². The lowest BCUT2D eigenvalue weighted by Crippen LogP contribution is -2.51. The molecule has 0 aromatic rings. The minimum atomic E-state index is -0.493. The lowest BCUT2D eigenvalue weighted by molar-refractivity contribution is -0.221. The normalized spacial score (nSPS) is 31.1. The van der Waals surface area contributed by atoms with E-state index in [1.807, 2.05) is 13.8 Å². The number of aliphatic hydroxyl groups excluding tert-OH is 2. The molecule has 0 aliphatic carbocycles. The second-order valence-electron chi connectivity index (χ2n) is 3.70. The van der Waals surface area contributed by atoms with Crippen LogP contribution in [-0.4, -0.2) is 34.6 Å². The molecule has 3 nitrogen and oxygen atoms in total. The molecule has 1 saturated heterocycles. The van der Waals surface area contributed by atoms with Crippen molar-refractivity contribution in [3.05, 3.63) is 0 Å². The Morgan fingerprint density at radius 3 is 2.55 bits per heavy atom. The van der Waals surface area contributed by atoms with Gasteiger partial charge in [-0.1, -0.05) is 0 Å². The van der Waals surface area contributed by atoms with Gasteiger partial charge >= 0.3 is 0 Å². The van der Waals surface area contributed by atoms with Crippen LogP contribution in [0.25, 0.3) is 0 Å². The largest absolute Gasteiger partial charge is 0.396 e. The minimum Gasteiger partial charge on any atom is -0.396 e. The van der Waals surface area contributed by atoms with Crippen LogP contribution in [0.1, 0.15) is 26.7 Å². The summed E-state index contributed by atoms with van der Waals surface area (Å²) in [6.07, 6.45) is 0.750. The molecule has 1 fully saturated rings. The Hall–Kier alpha value is -0.120. The van der Waals surface area contributed by atoms with Crippen LogP contribution in [0.15, 0.2) is 0 Å². The summed E-state index contributed by atoms with van der Waals surface area (Å²) in [6, 6.07) is 0. The van der Waals surface area contributed by atoms with Crippen LogP contribution in [0, 0.1) is 0 Å². The van der Waals surface area contributed by atoms with Gasteiger partial charge in [-0.25, -0.2) is 0 Å². The SMILES string of the molecule is CC1(C)CC(C(O)CCO)O1. The Kier molecular flexibility index (Phi) is 2.52. The van der Waals surface area contributed by atoms with Gasteiger partial charge in [-0.3, -0.25) is 0 Å². The zero-order valence-corrected chi connectivity index (χ0v) is 7.08. The molecule has 0 spiro atoms. The quantitative estimate of drug-likeness (QED) is 0.624. The number of aliphatic hydroxyl groups is 2.